The summed E-state index contributed by atoms with van der Waals surface area (Å²) < 4.78 is 15.3. The van der Waals surface area contributed by atoms with Crippen LogP contribution < -0.4 is 0 Å². The van der Waals surface area contributed by atoms with Gasteiger partial charge in [-0.3, -0.25) is 0 Å². The molecule has 4 nitrogen and oxygen atoms in total. The van der Waals surface area contributed by atoms with Gasteiger partial charge in [-0.05, 0) is 38.1 Å². The van der Waals surface area contributed by atoms with Gasteiger partial charge in [0.1, 0.15) is 11.6 Å². The van der Waals surface area contributed by atoms with Crippen LogP contribution in [0.15, 0.2) is 36.7 Å². The van der Waals surface area contributed by atoms with E-state index in [4.69, 9.17) is 0 Å². The van der Waals surface area contributed by atoms with Crippen LogP contribution in [0, 0.1) is 19.7 Å². The number of aromatic amines is 1. The first kappa shape index (κ1) is 11.6. The van der Waals surface area contributed by atoms with E-state index in [-0.39, 0.29) is 5.82 Å². The van der Waals surface area contributed by atoms with Gasteiger partial charge in [0.15, 0.2) is 0 Å². The zero-order valence-corrected chi connectivity index (χ0v) is 10.7. The summed E-state index contributed by atoms with van der Waals surface area (Å²) in [5, 5.41) is 4.43. The number of H-pyrrole nitrogens is 1. The van der Waals surface area contributed by atoms with Crippen molar-refractivity contribution in [1.82, 2.24) is 19.7 Å². The molecule has 96 valence electrons. The van der Waals surface area contributed by atoms with Gasteiger partial charge in [0.05, 0.1) is 11.4 Å². The Kier molecular flexibility index (Phi) is 2.67. The maximum absolute atomic E-state index is 13.5. The van der Waals surface area contributed by atoms with Gasteiger partial charge >= 0.3 is 0 Å². The van der Waals surface area contributed by atoms with Gasteiger partial charge in [-0.15, -0.1) is 0 Å². The molecule has 0 atom stereocenters. The molecule has 19 heavy (non-hydrogen) atoms. The molecule has 0 amide bonds. The van der Waals surface area contributed by atoms with E-state index >= 15 is 0 Å². The highest BCUT2D eigenvalue weighted by Crippen LogP contribution is 2.25. The molecule has 1 N–H and O–H groups in total. The van der Waals surface area contributed by atoms with Crippen molar-refractivity contribution in [2.24, 2.45) is 0 Å². The lowest BCUT2D eigenvalue weighted by Crippen LogP contribution is -2.02. The first-order chi connectivity index (χ1) is 9.15. The number of nitrogens with one attached hydrogen (secondary N) is 1. The number of rotatable bonds is 2. The molecule has 0 spiro atoms. The highest BCUT2D eigenvalue weighted by molar-refractivity contribution is 5.67. The average Bonchev–Trinajstić information content (AvgIpc) is 2.99. The molecule has 0 saturated heterocycles. The lowest BCUT2D eigenvalue weighted by atomic mass is 10.1. The van der Waals surface area contributed by atoms with E-state index in [1.54, 1.807) is 23.1 Å². The second kappa shape index (κ2) is 4.35. The topological polar surface area (TPSA) is 46.5 Å². The molecule has 2 aromatic heterocycles. The van der Waals surface area contributed by atoms with Crippen LogP contribution in [0.4, 0.5) is 4.39 Å². The fourth-order valence-electron chi connectivity index (χ4n) is 2.17. The van der Waals surface area contributed by atoms with E-state index in [9.17, 15) is 4.39 Å². The second-order valence-electron chi connectivity index (χ2n) is 4.44. The van der Waals surface area contributed by atoms with Gasteiger partial charge in [0.2, 0.25) is 0 Å². The highest BCUT2D eigenvalue weighted by Gasteiger charge is 2.13. The van der Waals surface area contributed by atoms with Gasteiger partial charge in [-0.25, -0.2) is 14.1 Å². The van der Waals surface area contributed by atoms with Crippen LogP contribution in [-0.4, -0.2) is 19.7 Å². The molecular weight excluding hydrogens is 243 g/mol. The molecule has 0 unspecified atom stereocenters. The Morgan fingerprint density at radius 2 is 2.05 bits per heavy atom. The van der Waals surface area contributed by atoms with Crippen LogP contribution in [0.1, 0.15) is 11.4 Å². The van der Waals surface area contributed by atoms with E-state index < -0.39 is 0 Å². The number of imidazole rings is 1. The zero-order valence-electron chi connectivity index (χ0n) is 10.7. The molecule has 3 aromatic rings. The van der Waals surface area contributed by atoms with Gasteiger partial charge in [-0.1, -0.05) is 0 Å². The predicted octanol–water partition coefficient (Wildman–Crippen LogP) is 3.02. The first-order valence-electron chi connectivity index (χ1n) is 5.98. The van der Waals surface area contributed by atoms with Gasteiger partial charge in [0, 0.05) is 23.7 Å². The zero-order chi connectivity index (χ0) is 13.4. The van der Waals surface area contributed by atoms with E-state index in [0.717, 1.165) is 17.1 Å². The fraction of sp³-hybridized carbons (Fsp3) is 0.143. The standard InChI is InChI=1S/C14H13FN4/c1-9-7-10(2)19(18-9)13-4-3-11(15)8-12(13)14-16-5-6-17-14/h3-8H,1-2H3,(H,16,17). The van der Waals surface area contributed by atoms with Crippen molar-refractivity contribution in [2.45, 2.75) is 13.8 Å². The Balaban J connectivity index is 2.24. The molecule has 0 aliphatic carbocycles. The van der Waals surface area contributed by atoms with Crippen LogP contribution >= 0.6 is 0 Å². The molecule has 3 rings (SSSR count). The van der Waals surface area contributed by atoms with E-state index in [1.165, 1.54) is 12.1 Å². The van der Waals surface area contributed by atoms with Gasteiger partial charge < -0.3 is 4.98 Å². The van der Waals surface area contributed by atoms with Gasteiger partial charge in [0.25, 0.3) is 0 Å². The van der Waals surface area contributed by atoms with E-state index in [0.29, 0.717) is 11.4 Å². The summed E-state index contributed by atoms with van der Waals surface area (Å²) in [7, 11) is 0. The monoisotopic (exact) mass is 256 g/mol. The van der Waals surface area contributed by atoms with E-state index in [1.807, 2.05) is 19.9 Å². The maximum Gasteiger partial charge on any atom is 0.139 e. The van der Waals surface area contributed by atoms with Gasteiger partial charge in [-0.2, -0.15) is 5.10 Å². The van der Waals surface area contributed by atoms with Crippen molar-refractivity contribution in [1.29, 1.82) is 0 Å². The molecule has 1 aromatic carbocycles. The van der Waals surface area contributed by atoms with Crippen LogP contribution in [0.2, 0.25) is 0 Å². The molecular formula is C14H13FN4. The van der Waals surface area contributed by atoms with Crippen molar-refractivity contribution in [3.8, 4) is 17.1 Å². The molecule has 0 aliphatic rings. The number of aryl methyl sites for hydroxylation is 2. The maximum atomic E-state index is 13.5. The smallest absolute Gasteiger partial charge is 0.139 e. The number of aromatic nitrogens is 4. The molecule has 5 heteroatoms. The Morgan fingerprint density at radius 1 is 1.21 bits per heavy atom. The Hall–Kier alpha value is -2.43. The third-order valence-electron chi connectivity index (χ3n) is 2.95. The number of hydrogen-bond acceptors (Lipinski definition) is 2. The number of nitrogens with zero attached hydrogens (tertiary/aromatic N) is 3. The summed E-state index contributed by atoms with van der Waals surface area (Å²) in [4.78, 5) is 7.19. The van der Waals surface area contributed by atoms with Crippen LogP contribution in [0.3, 0.4) is 0 Å². The van der Waals surface area contributed by atoms with Crippen molar-refractivity contribution in [3.05, 3.63) is 53.9 Å². The SMILES string of the molecule is Cc1cc(C)n(-c2ccc(F)cc2-c2ncc[nH]2)n1. The third kappa shape index (κ3) is 2.03. The predicted molar refractivity (Wildman–Crippen MR) is 70.6 cm³/mol. The molecule has 0 fully saturated rings. The minimum absolute atomic E-state index is 0.295. The van der Waals surface area contributed by atoms with Crippen molar-refractivity contribution in [2.75, 3.05) is 0 Å². The normalized spacial score (nSPS) is 10.9. The van der Waals surface area contributed by atoms with E-state index in [2.05, 4.69) is 15.1 Å². The Bertz CT molecular complexity index is 713. The quantitative estimate of drug-likeness (QED) is 0.766. The Labute approximate surface area is 109 Å². The number of halogens is 1. The van der Waals surface area contributed by atoms with Crippen LogP contribution in [0.25, 0.3) is 17.1 Å². The summed E-state index contributed by atoms with van der Waals surface area (Å²) in [6.07, 6.45) is 3.36. The summed E-state index contributed by atoms with van der Waals surface area (Å²) in [6.45, 7) is 3.90. The lowest BCUT2D eigenvalue weighted by Gasteiger charge is -2.09. The van der Waals surface area contributed by atoms with Crippen LogP contribution in [-0.2, 0) is 0 Å². The molecule has 0 saturated carbocycles. The van der Waals surface area contributed by atoms with Crippen LogP contribution in [0.5, 0.6) is 0 Å². The fourth-order valence-corrected chi connectivity index (χ4v) is 2.17. The summed E-state index contributed by atoms with van der Waals surface area (Å²) in [5.41, 5.74) is 3.42. The lowest BCUT2D eigenvalue weighted by molar-refractivity contribution is 0.627. The third-order valence-corrected chi connectivity index (χ3v) is 2.95. The first-order valence-corrected chi connectivity index (χ1v) is 5.98. The number of hydrogen-bond donors (Lipinski definition) is 1. The summed E-state index contributed by atoms with van der Waals surface area (Å²) >= 11 is 0. The van der Waals surface area contributed by atoms with Crippen molar-refractivity contribution < 1.29 is 4.39 Å². The summed E-state index contributed by atoms with van der Waals surface area (Å²) in [6, 6.07) is 6.59. The largest absolute Gasteiger partial charge is 0.345 e. The summed E-state index contributed by atoms with van der Waals surface area (Å²) in [5.74, 6) is 0.332. The number of benzene rings is 1. The molecule has 0 aliphatic heterocycles. The van der Waals surface area contributed by atoms with Crippen molar-refractivity contribution in [3.63, 3.8) is 0 Å². The molecule has 2 heterocycles. The average molecular weight is 256 g/mol. The molecule has 0 radical (unpaired) electrons. The minimum atomic E-state index is -0.295. The van der Waals surface area contributed by atoms with Crippen molar-refractivity contribution >= 4 is 0 Å². The highest BCUT2D eigenvalue weighted by atomic mass is 19.1. The minimum Gasteiger partial charge on any atom is -0.345 e. The second-order valence-corrected chi connectivity index (χ2v) is 4.44. The Morgan fingerprint density at radius 3 is 2.68 bits per heavy atom. The molecule has 0 bridgehead atoms.